The average Bonchev–Trinajstić information content (AvgIpc) is 3.95. The zero-order valence-corrected chi connectivity index (χ0v) is 31.4. The molecular weight excluding hydrogens is 681 g/mol. The predicted octanol–water partition coefficient (Wildman–Crippen LogP) is 7.19. The van der Waals surface area contributed by atoms with E-state index in [1.165, 1.54) is 12.1 Å². The number of benzene rings is 2. The molecule has 0 radical (unpaired) electrons. The van der Waals surface area contributed by atoms with Crippen LogP contribution in [0.3, 0.4) is 0 Å². The van der Waals surface area contributed by atoms with Crippen molar-refractivity contribution >= 4 is 36.1 Å². The molecule has 0 aliphatic carbocycles. The Morgan fingerprint density at radius 1 is 0.885 bits per heavy atom. The van der Waals surface area contributed by atoms with Crippen molar-refractivity contribution in [3.63, 3.8) is 0 Å². The van der Waals surface area contributed by atoms with E-state index in [-0.39, 0.29) is 24.0 Å². The number of nitrogens with zero attached hydrogens (tertiary/aromatic N) is 5. The standard InChI is InChI=1S/C38H46N8O5S/c1-22(2)32(44-36(48)50-6)35(47)46-30(16-17-41-46)33-39-19-28(42-33)25-12-8-23(9-13-25)24-10-14-26(15-11-24)29-20-40-34(43-29)31-18-27(52-7)21-45(31)37(49)51-38(3,4)5/h8-15,17,19-20,22,27,30-32H,16,18,21H2,1-7H3,(H,39,42)(H,40,43)(H,44,48). The van der Waals surface area contributed by atoms with E-state index < -0.39 is 23.8 Å². The van der Waals surface area contributed by atoms with E-state index >= 15 is 0 Å². The van der Waals surface area contributed by atoms with E-state index in [1.54, 1.807) is 29.1 Å². The van der Waals surface area contributed by atoms with Crippen molar-refractivity contribution in [1.29, 1.82) is 0 Å². The number of imidazole rings is 2. The second-order valence-corrected chi connectivity index (χ2v) is 15.5. The van der Waals surface area contributed by atoms with Gasteiger partial charge in [0.1, 0.15) is 29.3 Å². The molecule has 274 valence electrons. The monoisotopic (exact) mass is 726 g/mol. The van der Waals surface area contributed by atoms with Gasteiger partial charge in [-0.1, -0.05) is 62.4 Å². The number of nitrogens with one attached hydrogen (secondary N) is 3. The van der Waals surface area contributed by atoms with Gasteiger partial charge in [0.25, 0.3) is 5.91 Å². The molecule has 3 N–H and O–H groups in total. The van der Waals surface area contributed by atoms with Gasteiger partial charge in [0.15, 0.2) is 0 Å². The van der Waals surface area contributed by atoms with Gasteiger partial charge >= 0.3 is 12.2 Å². The molecule has 4 unspecified atom stereocenters. The third kappa shape index (κ3) is 8.01. The van der Waals surface area contributed by atoms with Crippen molar-refractivity contribution in [2.75, 3.05) is 19.9 Å². The minimum absolute atomic E-state index is 0.170. The summed E-state index contributed by atoms with van der Waals surface area (Å²) in [7, 11) is 1.26. The number of ether oxygens (including phenoxy) is 2. The molecule has 6 rings (SSSR count). The molecule has 4 aromatic rings. The first-order valence-corrected chi connectivity index (χ1v) is 18.7. The second-order valence-electron chi connectivity index (χ2n) is 14.4. The summed E-state index contributed by atoms with van der Waals surface area (Å²) in [6.07, 6.45) is 7.66. The van der Waals surface area contributed by atoms with Crippen LogP contribution in [0.15, 0.2) is 66.0 Å². The van der Waals surface area contributed by atoms with E-state index in [0.29, 0.717) is 24.0 Å². The second kappa shape index (κ2) is 15.2. The molecule has 2 aromatic carbocycles. The number of alkyl carbamates (subject to hydrolysis) is 1. The van der Waals surface area contributed by atoms with Crippen molar-refractivity contribution in [2.24, 2.45) is 11.0 Å². The third-order valence-corrected chi connectivity index (χ3v) is 10.2. The number of hydrogen-bond acceptors (Lipinski definition) is 9. The molecule has 1 fully saturated rings. The van der Waals surface area contributed by atoms with Crippen LogP contribution in [0.2, 0.25) is 0 Å². The number of carbonyl (C=O) groups excluding carboxylic acids is 3. The van der Waals surface area contributed by atoms with Gasteiger partial charge in [0.05, 0.1) is 36.9 Å². The van der Waals surface area contributed by atoms with Crippen LogP contribution in [0.25, 0.3) is 33.6 Å². The van der Waals surface area contributed by atoms with Crippen molar-refractivity contribution in [3.8, 4) is 33.6 Å². The molecule has 14 heteroatoms. The van der Waals surface area contributed by atoms with Crippen LogP contribution in [0.5, 0.6) is 0 Å². The Morgan fingerprint density at radius 3 is 1.92 bits per heavy atom. The van der Waals surface area contributed by atoms with Gasteiger partial charge in [0.2, 0.25) is 0 Å². The Balaban J connectivity index is 1.12. The maximum Gasteiger partial charge on any atom is 0.410 e. The normalized spacial score (nSPS) is 19.3. The fourth-order valence-corrected chi connectivity index (χ4v) is 7.12. The first kappa shape index (κ1) is 36.7. The van der Waals surface area contributed by atoms with E-state index in [0.717, 1.165) is 45.9 Å². The summed E-state index contributed by atoms with van der Waals surface area (Å²) in [6, 6.07) is 15.1. The maximum absolute atomic E-state index is 13.4. The van der Waals surface area contributed by atoms with E-state index in [1.807, 2.05) is 52.9 Å². The Morgan fingerprint density at radius 2 is 1.42 bits per heavy atom. The summed E-state index contributed by atoms with van der Waals surface area (Å²) in [6.45, 7) is 9.97. The molecule has 0 bridgehead atoms. The number of amides is 3. The number of methoxy groups -OCH3 is 1. The van der Waals surface area contributed by atoms with Gasteiger partial charge in [-0.2, -0.15) is 16.9 Å². The number of aromatic nitrogens is 4. The summed E-state index contributed by atoms with van der Waals surface area (Å²) in [5.74, 6) is 0.867. The smallest absolute Gasteiger partial charge is 0.410 e. The largest absolute Gasteiger partial charge is 0.453 e. The quantitative estimate of drug-likeness (QED) is 0.164. The summed E-state index contributed by atoms with van der Waals surface area (Å²) < 4.78 is 10.4. The van der Waals surface area contributed by atoms with Gasteiger partial charge < -0.3 is 24.8 Å². The van der Waals surface area contributed by atoms with Crippen LogP contribution in [-0.2, 0) is 14.3 Å². The lowest BCUT2D eigenvalue weighted by Gasteiger charge is -2.27. The van der Waals surface area contributed by atoms with Gasteiger partial charge in [0, 0.05) is 24.4 Å². The molecule has 3 amide bonds. The van der Waals surface area contributed by atoms with Gasteiger partial charge in [-0.3, -0.25) is 9.69 Å². The Hall–Kier alpha value is -5.11. The van der Waals surface area contributed by atoms with Crippen molar-refractivity contribution < 1.29 is 23.9 Å². The van der Waals surface area contributed by atoms with Gasteiger partial charge in [-0.25, -0.2) is 24.6 Å². The number of thioether (sulfide) groups is 1. The lowest BCUT2D eigenvalue weighted by atomic mass is 10.0. The summed E-state index contributed by atoms with van der Waals surface area (Å²) in [5, 5.41) is 8.63. The highest BCUT2D eigenvalue weighted by atomic mass is 32.2. The van der Waals surface area contributed by atoms with E-state index in [2.05, 4.69) is 68.0 Å². The topological polar surface area (TPSA) is 158 Å². The lowest BCUT2D eigenvalue weighted by Crippen LogP contribution is -2.50. The first-order valence-electron chi connectivity index (χ1n) is 17.4. The van der Waals surface area contributed by atoms with Crippen molar-refractivity contribution in [2.45, 2.75) is 76.4 Å². The highest BCUT2D eigenvalue weighted by molar-refractivity contribution is 7.99. The average molecular weight is 727 g/mol. The number of hydrazone groups is 1. The Kier molecular flexibility index (Phi) is 10.7. The number of hydrogen-bond donors (Lipinski definition) is 3. The van der Waals surface area contributed by atoms with Crippen LogP contribution in [0.4, 0.5) is 9.59 Å². The van der Waals surface area contributed by atoms with Crippen LogP contribution in [0.1, 0.15) is 71.2 Å². The highest BCUT2D eigenvalue weighted by Crippen LogP contribution is 2.37. The zero-order valence-electron chi connectivity index (χ0n) is 30.5. The zero-order chi connectivity index (χ0) is 37.2. The maximum atomic E-state index is 13.4. The van der Waals surface area contributed by atoms with Crippen LogP contribution in [-0.4, -0.2) is 91.0 Å². The fourth-order valence-electron chi connectivity index (χ4n) is 6.43. The molecule has 0 saturated carbocycles. The molecule has 2 aliphatic rings. The molecule has 13 nitrogen and oxygen atoms in total. The van der Waals surface area contributed by atoms with E-state index in [4.69, 9.17) is 14.5 Å². The predicted molar refractivity (Wildman–Crippen MR) is 202 cm³/mol. The number of likely N-dealkylation sites (tertiary alicyclic amines) is 1. The van der Waals surface area contributed by atoms with Crippen molar-refractivity contribution in [1.82, 2.24) is 35.2 Å². The molecule has 4 atom stereocenters. The Bertz CT molecular complexity index is 1910. The Labute approximate surface area is 308 Å². The van der Waals surface area contributed by atoms with Gasteiger partial charge in [-0.05, 0) is 61.6 Å². The SMILES string of the molecule is COC(=O)NC(C(=O)N1N=CCC1c1ncc(-c2ccc(-c3ccc(-c4cnc(C5CC(SC)CN5C(=O)OC(C)(C)C)[nH]4)cc3)cc2)[nH]1)C(C)C. The number of aromatic amines is 2. The summed E-state index contributed by atoms with van der Waals surface area (Å²) >= 11 is 1.76. The number of carbonyl (C=O) groups is 3. The first-order chi connectivity index (χ1) is 24.8. The summed E-state index contributed by atoms with van der Waals surface area (Å²) in [5.41, 5.74) is 5.20. The number of rotatable bonds is 9. The molecule has 1 saturated heterocycles. The third-order valence-electron chi connectivity index (χ3n) is 9.22. The van der Waals surface area contributed by atoms with Crippen LogP contribution in [0, 0.1) is 5.92 Å². The highest BCUT2D eigenvalue weighted by Gasteiger charge is 2.40. The van der Waals surface area contributed by atoms with Crippen molar-refractivity contribution in [3.05, 3.63) is 72.6 Å². The minimum atomic E-state index is -0.792. The van der Waals surface area contributed by atoms with Crippen LogP contribution < -0.4 is 5.32 Å². The lowest BCUT2D eigenvalue weighted by molar-refractivity contribution is -0.136. The number of H-pyrrole nitrogens is 2. The fraction of sp³-hybridized carbons (Fsp3) is 0.421. The molecule has 52 heavy (non-hydrogen) atoms. The molecule has 2 aromatic heterocycles. The molecule has 4 heterocycles. The van der Waals surface area contributed by atoms with Gasteiger partial charge in [-0.15, -0.1) is 0 Å². The molecule has 2 aliphatic heterocycles. The molecular formula is C38H46N8O5S. The van der Waals surface area contributed by atoms with E-state index in [9.17, 15) is 14.4 Å². The molecule has 0 spiro atoms. The van der Waals surface area contributed by atoms with Crippen LogP contribution >= 0.6 is 11.8 Å². The minimum Gasteiger partial charge on any atom is -0.453 e. The summed E-state index contributed by atoms with van der Waals surface area (Å²) in [4.78, 5) is 56.2.